The highest BCUT2D eigenvalue weighted by Crippen LogP contribution is 2.31. The molecule has 1 aliphatic rings. The predicted octanol–water partition coefficient (Wildman–Crippen LogP) is 1.70. The van der Waals surface area contributed by atoms with Crippen molar-refractivity contribution in [2.75, 3.05) is 11.9 Å². The van der Waals surface area contributed by atoms with Gasteiger partial charge in [-0.25, -0.2) is 9.37 Å². The van der Waals surface area contributed by atoms with Crippen LogP contribution in [0.5, 0.6) is 0 Å². The largest absolute Gasteiger partial charge is 0.337 e. The highest BCUT2D eigenvalue weighted by Gasteiger charge is 2.30. The molecule has 0 saturated carbocycles. The fraction of sp³-hybridized carbons (Fsp3) is 0.286. The van der Waals surface area contributed by atoms with E-state index in [-0.39, 0.29) is 11.7 Å². The number of nitrogens with one attached hydrogen (secondary N) is 2. The second kappa shape index (κ2) is 5.42. The molecule has 5 nitrogen and oxygen atoms in total. The van der Waals surface area contributed by atoms with Gasteiger partial charge in [-0.15, -0.1) is 0 Å². The van der Waals surface area contributed by atoms with E-state index >= 15 is 0 Å². The molecule has 0 aliphatic carbocycles. The number of aromatic nitrogens is 2. The molecule has 0 spiro atoms. The molecule has 1 aliphatic heterocycles. The third-order valence-corrected chi connectivity index (χ3v) is 3.35. The van der Waals surface area contributed by atoms with Crippen LogP contribution < -0.4 is 10.6 Å². The summed E-state index contributed by atoms with van der Waals surface area (Å²) < 4.78 is 15.2. The Balaban J connectivity index is 1.58. The van der Waals surface area contributed by atoms with Crippen LogP contribution in [0.25, 0.3) is 0 Å². The molecule has 104 valence electrons. The van der Waals surface area contributed by atoms with Crippen LogP contribution in [0.4, 0.5) is 10.1 Å². The van der Waals surface area contributed by atoms with E-state index in [1.165, 1.54) is 12.1 Å². The average molecular weight is 274 g/mol. The Morgan fingerprint density at radius 3 is 3.15 bits per heavy atom. The van der Waals surface area contributed by atoms with Gasteiger partial charge in [-0.05, 0) is 31.2 Å². The zero-order valence-corrected chi connectivity index (χ0v) is 10.8. The number of rotatable bonds is 5. The predicted molar refractivity (Wildman–Crippen MR) is 72.6 cm³/mol. The van der Waals surface area contributed by atoms with E-state index < -0.39 is 6.04 Å². The summed E-state index contributed by atoms with van der Waals surface area (Å²) in [5, 5.41) is 5.91. The number of hydrogen-bond acceptors (Lipinski definition) is 3. The van der Waals surface area contributed by atoms with Crippen molar-refractivity contribution < 1.29 is 9.18 Å². The molecule has 0 bridgehead atoms. The Hall–Kier alpha value is -2.21. The lowest BCUT2D eigenvalue weighted by Crippen LogP contribution is -2.28. The fourth-order valence-corrected chi connectivity index (χ4v) is 2.36. The van der Waals surface area contributed by atoms with E-state index in [0.29, 0.717) is 17.8 Å². The molecule has 1 unspecified atom stereocenters. The van der Waals surface area contributed by atoms with Crippen LogP contribution in [0.2, 0.25) is 0 Å². The number of halogens is 1. The maximum absolute atomic E-state index is 13.3. The zero-order chi connectivity index (χ0) is 13.9. The van der Waals surface area contributed by atoms with Gasteiger partial charge in [0.05, 0.1) is 6.33 Å². The van der Waals surface area contributed by atoms with Gasteiger partial charge in [-0.3, -0.25) is 4.79 Å². The van der Waals surface area contributed by atoms with Crippen molar-refractivity contribution in [1.29, 1.82) is 0 Å². The quantitative estimate of drug-likeness (QED) is 0.816. The monoisotopic (exact) mass is 274 g/mol. The van der Waals surface area contributed by atoms with Crippen LogP contribution in [-0.2, 0) is 11.3 Å². The van der Waals surface area contributed by atoms with Crippen molar-refractivity contribution in [1.82, 2.24) is 14.9 Å². The van der Waals surface area contributed by atoms with E-state index in [4.69, 9.17) is 0 Å². The van der Waals surface area contributed by atoms with Crippen LogP contribution >= 0.6 is 0 Å². The Morgan fingerprint density at radius 2 is 2.35 bits per heavy atom. The van der Waals surface area contributed by atoms with E-state index in [0.717, 1.165) is 13.0 Å². The number of carbonyl (C=O) groups is 1. The Labute approximate surface area is 115 Å². The summed E-state index contributed by atoms with van der Waals surface area (Å²) in [7, 11) is 0. The number of aryl methyl sites for hydroxylation is 1. The summed E-state index contributed by atoms with van der Waals surface area (Å²) in [6.07, 6.45) is 6.25. The highest BCUT2D eigenvalue weighted by atomic mass is 19.1. The van der Waals surface area contributed by atoms with E-state index in [1.54, 1.807) is 18.6 Å². The van der Waals surface area contributed by atoms with Gasteiger partial charge in [0, 0.05) is 30.2 Å². The van der Waals surface area contributed by atoms with Crippen molar-refractivity contribution in [3.63, 3.8) is 0 Å². The van der Waals surface area contributed by atoms with Crippen molar-refractivity contribution in [3.05, 3.63) is 48.3 Å². The second-order valence-corrected chi connectivity index (χ2v) is 4.76. The van der Waals surface area contributed by atoms with Crippen LogP contribution in [0.3, 0.4) is 0 Å². The van der Waals surface area contributed by atoms with E-state index in [9.17, 15) is 9.18 Å². The van der Waals surface area contributed by atoms with Gasteiger partial charge in [0.25, 0.3) is 0 Å². The first kappa shape index (κ1) is 12.8. The molecule has 0 fully saturated rings. The van der Waals surface area contributed by atoms with Crippen molar-refractivity contribution >= 4 is 11.6 Å². The van der Waals surface area contributed by atoms with Gasteiger partial charge in [-0.2, -0.15) is 0 Å². The zero-order valence-electron chi connectivity index (χ0n) is 10.8. The third-order valence-electron chi connectivity index (χ3n) is 3.35. The smallest absolute Gasteiger partial charge is 0.246 e. The number of hydrogen-bond donors (Lipinski definition) is 2. The Morgan fingerprint density at radius 1 is 1.45 bits per heavy atom. The molecule has 2 N–H and O–H groups in total. The third kappa shape index (κ3) is 2.55. The highest BCUT2D eigenvalue weighted by molar-refractivity contribution is 6.02. The number of anilines is 1. The molecule has 1 amide bonds. The average Bonchev–Trinajstić information content (AvgIpc) is 3.03. The van der Waals surface area contributed by atoms with Gasteiger partial charge in [0.1, 0.15) is 11.9 Å². The van der Waals surface area contributed by atoms with Gasteiger partial charge >= 0.3 is 0 Å². The topological polar surface area (TPSA) is 59.0 Å². The van der Waals surface area contributed by atoms with Gasteiger partial charge < -0.3 is 15.2 Å². The van der Waals surface area contributed by atoms with Gasteiger partial charge in [0.15, 0.2) is 0 Å². The number of nitrogens with zero attached hydrogens (tertiary/aromatic N) is 2. The number of amides is 1. The molecular formula is C14H15FN4O. The summed E-state index contributed by atoms with van der Waals surface area (Å²) in [5.74, 6) is -0.460. The van der Waals surface area contributed by atoms with Crippen molar-refractivity contribution in [2.45, 2.75) is 19.0 Å². The van der Waals surface area contributed by atoms with Crippen molar-refractivity contribution in [3.8, 4) is 0 Å². The molecule has 2 heterocycles. The molecule has 1 aromatic carbocycles. The molecular weight excluding hydrogens is 259 g/mol. The minimum Gasteiger partial charge on any atom is -0.337 e. The molecule has 2 aromatic rings. The van der Waals surface area contributed by atoms with Gasteiger partial charge in [-0.1, -0.05) is 0 Å². The minimum atomic E-state index is -0.469. The van der Waals surface area contributed by atoms with Crippen LogP contribution in [0, 0.1) is 5.82 Å². The number of benzene rings is 1. The number of carbonyl (C=O) groups excluding carboxylic acids is 1. The fourth-order valence-electron chi connectivity index (χ4n) is 2.36. The number of imidazole rings is 1. The molecule has 3 rings (SSSR count). The summed E-state index contributed by atoms with van der Waals surface area (Å²) >= 11 is 0. The SMILES string of the molecule is O=C1Nc2ccc(F)cc2C1NCCCn1ccnc1. The maximum atomic E-state index is 13.3. The maximum Gasteiger partial charge on any atom is 0.246 e. The van der Waals surface area contributed by atoms with Crippen molar-refractivity contribution in [2.24, 2.45) is 0 Å². The van der Waals surface area contributed by atoms with Crippen LogP contribution in [0.15, 0.2) is 36.9 Å². The lowest BCUT2D eigenvalue weighted by molar-refractivity contribution is -0.117. The molecule has 6 heteroatoms. The lowest BCUT2D eigenvalue weighted by Gasteiger charge is -2.11. The van der Waals surface area contributed by atoms with E-state index in [2.05, 4.69) is 15.6 Å². The summed E-state index contributed by atoms with van der Waals surface area (Å²) in [6, 6.07) is 3.88. The lowest BCUT2D eigenvalue weighted by atomic mass is 10.1. The Kier molecular flexibility index (Phi) is 3.47. The summed E-state index contributed by atoms with van der Waals surface area (Å²) in [5.41, 5.74) is 1.36. The van der Waals surface area contributed by atoms with Crippen LogP contribution in [-0.4, -0.2) is 22.0 Å². The molecule has 1 aromatic heterocycles. The molecule has 1 atom stereocenters. The van der Waals surface area contributed by atoms with E-state index in [1.807, 2.05) is 10.8 Å². The van der Waals surface area contributed by atoms with Crippen LogP contribution in [0.1, 0.15) is 18.0 Å². The molecule has 20 heavy (non-hydrogen) atoms. The minimum absolute atomic E-state index is 0.131. The first-order chi connectivity index (χ1) is 9.74. The summed E-state index contributed by atoms with van der Waals surface area (Å²) in [6.45, 7) is 1.50. The summed E-state index contributed by atoms with van der Waals surface area (Å²) in [4.78, 5) is 15.8. The Bertz CT molecular complexity index is 612. The number of fused-ring (bicyclic) bond motifs is 1. The molecule has 0 radical (unpaired) electrons. The van der Waals surface area contributed by atoms with Gasteiger partial charge in [0.2, 0.25) is 5.91 Å². The standard InChI is InChI=1S/C14H15FN4O/c15-10-2-3-12-11(8-10)13(14(20)18-12)17-4-1-6-19-7-5-16-9-19/h2-3,5,7-9,13,17H,1,4,6H2,(H,18,20). The first-order valence-corrected chi connectivity index (χ1v) is 6.53. The first-order valence-electron chi connectivity index (χ1n) is 6.53. The molecule has 0 saturated heterocycles. The normalized spacial score (nSPS) is 17.1. The second-order valence-electron chi connectivity index (χ2n) is 4.76.